The first-order valence-corrected chi connectivity index (χ1v) is 10.6. The van der Waals surface area contributed by atoms with Gasteiger partial charge in [-0.1, -0.05) is 24.3 Å². The van der Waals surface area contributed by atoms with E-state index in [1.165, 1.54) is 22.1 Å². The zero-order valence-electron chi connectivity index (χ0n) is 15.7. The van der Waals surface area contributed by atoms with E-state index < -0.39 is 0 Å². The second kappa shape index (κ2) is 7.70. The van der Waals surface area contributed by atoms with E-state index in [0.29, 0.717) is 0 Å². The van der Waals surface area contributed by atoms with Crippen molar-refractivity contribution in [2.75, 3.05) is 31.1 Å². The van der Waals surface area contributed by atoms with E-state index in [-0.39, 0.29) is 0 Å². The van der Waals surface area contributed by atoms with E-state index in [1.54, 1.807) is 11.3 Å². The summed E-state index contributed by atoms with van der Waals surface area (Å²) in [7, 11) is 0. The standard InChI is InChI=1S/C23H22N4S/c1-4-19-6-7-22(25-23(19)21(5-1)20-8-14-28-17-20)27-12-10-26(11-13-27)16-18-3-2-9-24-15-18/h1-9,14-15,17H,10-13,16H2. The molecule has 140 valence electrons. The van der Waals surface area contributed by atoms with Crippen LogP contribution in [0.1, 0.15) is 5.56 Å². The third kappa shape index (κ3) is 3.51. The van der Waals surface area contributed by atoms with E-state index in [4.69, 9.17) is 4.98 Å². The Kier molecular flexibility index (Phi) is 4.77. The minimum atomic E-state index is 0.967. The van der Waals surface area contributed by atoms with Crippen LogP contribution in [0.3, 0.4) is 0 Å². The SMILES string of the molecule is c1cncc(CN2CCN(c3ccc4cccc(-c5ccsc5)c4n3)CC2)c1. The number of anilines is 1. The van der Waals surface area contributed by atoms with Gasteiger partial charge in [0.15, 0.2) is 0 Å². The Balaban J connectivity index is 1.35. The minimum absolute atomic E-state index is 0.967. The smallest absolute Gasteiger partial charge is 0.129 e. The number of nitrogens with zero attached hydrogens (tertiary/aromatic N) is 4. The van der Waals surface area contributed by atoms with Gasteiger partial charge in [-0.25, -0.2) is 4.98 Å². The van der Waals surface area contributed by atoms with Crippen molar-refractivity contribution in [3.8, 4) is 11.1 Å². The van der Waals surface area contributed by atoms with Crippen LogP contribution in [0.2, 0.25) is 0 Å². The molecule has 0 N–H and O–H groups in total. The molecule has 5 heteroatoms. The van der Waals surface area contributed by atoms with E-state index in [2.05, 4.69) is 68.0 Å². The molecular formula is C23H22N4S. The summed E-state index contributed by atoms with van der Waals surface area (Å²) in [6, 6.07) is 17.1. The molecule has 1 aliphatic heterocycles. The van der Waals surface area contributed by atoms with Crippen molar-refractivity contribution in [3.05, 3.63) is 77.2 Å². The maximum absolute atomic E-state index is 5.07. The molecule has 28 heavy (non-hydrogen) atoms. The molecule has 1 aliphatic rings. The largest absolute Gasteiger partial charge is 0.354 e. The lowest BCUT2D eigenvalue weighted by Crippen LogP contribution is -2.46. The Labute approximate surface area is 169 Å². The van der Waals surface area contributed by atoms with Gasteiger partial charge in [0.1, 0.15) is 5.82 Å². The molecule has 0 saturated carbocycles. The number of pyridine rings is 2. The average Bonchev–Trinajstić information content (AvgIpc) is 3.29. The van der Waals surface area contributed by atoms with Crippen LogP contribution in [-0.2, 0) is 6.54 Å². The molecule has 0 aliphatic carbocycles. The molecule has 0 bridgehead atoms. The second-order valence-corrected chi connectivity index (χ2v) is 7.96. The number of rotatable bonds is 4. The minimum Gasteiger partial charge on any atom is -0.354 e. The number of fused-ring (bicyclic) bond motifs is 1. The Morgan fingerprint density at radius 1 is 0.929 bits per heavy atom. The third-order valence-corrected chi connectivity index (χ3v) is 6.05. The van der Waals surface area contributed by atoms with Crippen molar-refractivity contribution in [1.29, 1.82) is 0 Å². The Hall–Kier alpha value is -2.76. The topological polar surface area (TPSA) is 32.3 Å². The van der Waals surface area contributed by atoms with Crippen LogP contribution in [0.15, 0.2) is 71.7 Å². The number of para-hydroxylation sites is 1. The van der Waals surface area contributed by atoms with Crippen LogP contribution >= 0.6 is 11.3 Å². The molecule has 3 aromatic heterocycles. The van der Waals surface area contributed by atoms with Crippen molar-refractivity contribution in [1.82, 2.24) is 14.9 Å². The number of aromatic nitrogens is 2. The fraction of sp³-hybridized carbons (Fsp3) is 0.217. The molecule has 5 rings (SSSR count). The molecule has 0 atom stereocenters. The van der Waals surface area contributed by atoms with Gasteiger partial charge in [0.25, 0.3) is 0 Å². The maximum Gasteiger partial charge on any atom is 0.129 e. The predicted molar refractivity (Wildman–Crippen MR) is 117 cm³/mol. The first-order valence-electron chi connectivity index (χ1n) is 9.65. The lowest BCUT2D eigenvalue weighted by molar-refractivity contribution is 0.249. The number of benzene rings is 1. The fourth-order valence-electron chi connectivity index (χ4n) is 3.85. The van der Waals surface area contributed by atoms with Gasteiger partial charge in [0.05, 0.1) is 5.52 Å². The lowest BCUT2D eigenvalue weighted by Gasteiger charge is -2.35. The highest BCUT2D eigenvalue weighted by Gasteiger charge is 2.19. The highest BCUT2D eigenvalue weighted by molar-refractivity contribution is 7.08. The van der Waals surface area contributed by atoms with Crippen LogP contribution in [0, 0.1) is 0 Å². The van der Waals surface area contributed by atoms with Gasteiger partial charge in [0, 0.05) is 56.1 Å². The van der Waals surface area contributed by atoms with E-state index in [0.717, 1.165) is 44.1 Å². The fourth-order valence-corrected chi connectivity index (χ4v) is 4.50. The summed E-state index contributed by atoms with van der Waals surface area (Å²) in [5.41, 5.74) is 4.84. The molecule has 0 amide bonds. The van der Waals surface area contributed by atoms with E-state index in [9.17, 15) is 0 Å². The molecular weight excluding hydrogens is 364 g/mol. The first-order chi connectivity index (χ1) is 13.9. The summed E-state index contributed by atoms with van der Waals surface area (Å²) < 4.78 is 0. The number of piperazine rings is 1. The van der Waals surface area contributed by atoms with Gasteiger partial charge in [-0.2, -0.15) is 11.3 Å². The molecule has 0 radical (unpaired) electrons. The van der Waals surface area contributed by atoms with Crippen LogP contribution in [0.25, 0.3) is 22.0 Å². The summed E-state index contributed by atoms with van der Waals surface area (Å²) in [6.07, 6.45) is 3.79. The monoisotopic (exact) mass is 386 g/mol. The molecule has 0 unspecified atom stereocenters. The maximum atomic E-state index is 5.07. The van der Waals surface area contributed by atoms with Gasteiger partial charge >= 0.3 is 0 Å². The summed E-state index contributed by atoms with van der Waals surface area (Å²) in [6.45, 7) is 5.05. The van der Waals surface area contributed by atoms with Crippen LogP contribution in [0.5, 0.6) is 0 Å². The van der Waals surface area contributed by atoms with Gasteiger partial charge in [0.2, 0.25) is 0 Å². The molecule has 0 spiro atoms. The first kappa shape index (κ1) is 17.3. The third-order valence-electron chi connectivity index (χ3n) is 5.36. The van der Waals surface area contributed by atoms with Gasteiger partial charge in [-0.15, -0.1) is 0 Å². The summed E-state index contributed by atoms with van der Waals surface area (Å²) in [5, 5.41) is 5.52. The van der Waals surface area contributed by atoms with Gasteiger partial charge in [-0.05, 0) is 46.2 Å². The Bertz CT molecular complexity index is 1050. The zero-order chi connectivity index (χ0) is 18.8. The quantitative estimate of drug-likeness (QED) is 0.510. The highest BCUT2D eigenvalue weighted by atomic mass is 32.1. The molecule has 4 aromatic rings. The summed E-state index contributed by atoms with van der Waals surface area (Å²) in [5.74, 6) is 1.08. The normalized spacial score (nSPS) is 15.2. The average molecular weight is 387 g/mol. The van der Waals surface area contributed by atoms with E-state index >= 15 is 0 Å². The molecule has 1 fully saturated rings. The van der Waals surface area contributed by atoms with E-state index in [1.807, 2.05) is 18.5 Å². The molecule has 4 heterocycles. The van der Waals surface area contributed by atoms with Crippen molar-refractivity contribution in [2.45, 2.75) is 6.54 Å². The summed E-state index contributed by atoms with van der Waals surface area (Å²) in [4.78, 5) is 14.2. The van der Waals surface area contributed by atoms with Gasteiger partial charge in [-0.3, -0.25) is 9.88 Å². The van der Waals surface area contributed by atoms with Crippen molar-refractivity contribution in [3.63, 3.8) is 0 Å². The Morgan fingerprint density at radius 3 is 2.64 bits per heavy atom. The predicted octanol–water partition coefficient (Wildman–Crippen LogP) is 4.68. The van der Waals surface area contributed by atoms with Crippen molar-refractivity contribution in [2.24, 2.45) is 0 Å². The number of hydrogen-bond acceptors (Lipinski definition) is 5. The lowest BCUT2D eigenvalue weighted by atomic mass is 10.0. The molecule has 1 saturated heterocycles. The highest BCUT2D eigenvalue weighted by Crippen LogP contribution is 2.30. The zero-order valence-corrected chi connectivity index (χ0v) is 16.5. The molecule has 1 aromatic carbocycles. The van der Waals surface area contributed by atoms with Crippen LogP contribution in [-0.4, -0.2) is 41.0 Å². The van der Waals surface area contributed by atoms with Crippen molar-refractivity contribution < 1.29 is 0 Å². The Morgan fingerprint density at radius 2 is 1.86 bits per heavy atom. The van der Waals surface area contributed by atoms with Crippen molar-refractivity contribution >= 4 is 28.1 Å². The van der Waals surface area contributed by atoms with Crippen LogP contribution in [0.4, 0.5) is 5.82 Å². The summed E-state index contributed by atoms with van der Waals surface area (Å²) >= 11 is 1.73. The second-order valence-electron chi connectivity index (χ2n) is 7.18. The number of hydrogen-bond donors (Lipinski definition) is 0. The van der Waals surface area contributed by atoms with Gasteiger partial charge < -0.3 is 4.90 Å². The molecule has 4 nitrogen and oxygen atoms in total. The van der Waals surface area contributed by atoms with Crippen LogP contribution < -0.4 is 4.90 Å². The number of thiophene rings is 1.